The van der Waals surface area contributed by atoms with Crippen molar-refractivity contribution in [3.63, 3.8) is 0 Å². The van der Waals surface area contributed by atoms with Crippen molar-refractivity contribution < 1.29 is 19.1 Å². The lowest BCUT2D eigenvalue weighted by Crippen LogP contribution is -2.52. The van der Waals surface area contributed by atoms with E-state index >= 15 is 0 Å². The Kier molecular flexibility index (Phi) is 9.56. The minimum absolute atomic E-state index is 0.0754. The molecule has 0 bridgehead atoms. The number of rotatable bonds is 11. The van der Waals surface area contributed by atoms with E-state index in [1.165, 1.54) is 0 Å². The molecule has 6 nitrogen and oxygen atoms in total. The number of nitrogens with zero attached hydrogens (tertiary/aromatic N) is 1. The van der Waals surface area contributed by atoms with E-state index in [0.717, 1.165) is 11.1 Å². The van der Waals surface area contributed by atoms with Crippen LogP contribution in [0.3, 0.4) is 0 Å². The molecule has 0 aliphatic heterocycles. The van der Waals surface area contributed by atoms with E-state index in [1.54, 1.807) is 42.3 Å². The Labute approximate surface area is 211 Å². The number of nitrogens with one attached hydrogen (secondary N) is 1. The molecule has 1 atom stereocenters. The summed E-state index contributed by atoms with van der Waals surface area (Å²) in [6.45, 7) is 3.74. The number of hydrogen-bond donors (Lipinski definition) is 1. The molecule has 35 heavy (non-hydrogen) atoms. The maximum Gasteiger partial charge on any atom is 0.261 e. The molecular formula is C28H31ClN2O4. The van der Waals surface area contributed by atoms with Gasteiger partial charge in [0, 0.05) is 24.0 Å². The molecule has 0 saturated heterocycles. The van der Waals surface area contributed by atoms with Gasteiger partial charge in [0.15, 0.2) is 6.61 Å². The summed E-state index contributed by atoms with van der Waals surface area (Å²) in [6, 6.07) is 23.1. The zero-order valence-electron chi connectivity index (χ0n) is 20.2. The van der Waals surface area contributed by atoms with Crippen LogP contribution in [0.25, 0.3) is 0 Å². The van der Waals surface area contributed by atoms with Gasteiger partial charge in [-0.15, -0.1) is 0 Å². The Hall–Kier alpha value is -3.51. The summed E-state index contributed by atoms with van der Waals surface area (Å²) in [5.41, 5.74) is 1.70. The fourth-order valence-electron chi connectivity index (χ4n) is 3.64. The summed E-state index contributed by atoms with van der Waals surface area (Å²) in [5.74, 6) is 0.676. The van der Waals surface area contributed by atoms with Crippen molar-refractivity contribution in [2.75, 3.05) is 13.7 Å². The molecule has 1 N–H and O–H groups in total. The highest BCUT2D eigenvalue weighted by molar-refractivity contribution is 6.31. The molecule has 0 heterocycles. The molecule has 0 aliphatic rings. The average molecular weight is 495 g/mol. The number of ether oxygens (including phenoxy) is 2. The summed E-state index contributed by atoms with van der Waals surface area (Å²) in [6.07, 6.45) is 0.359. The highest BCUT2D eigenvalue weighted by atomic mass is 35.5. The summed E-state index contributed by atoms with van der Waals surface area (Å²) in [4.78, 5) is 28.4. The molecule has 184 valence electrons. The fourth-order valence-corrected chi connectivity index (χ4v) is 3.84. The normalized spacial score (nSPS) is 11.6. The van der Waals surface area contributed by atoms with E-state index in [4.69, 9.17) is 21.1 Å². The lowest BCUT2D eigenvalue weighted by atomic mass is 10.0. The Balaban J connectivity index is 1.89. The van der Waals surface area contributed by atoms with Gasteiger partial charge in [0.1, 0.15) is 17.5 Å². The molecule has 0 aromatic heterocycles. The molecule has 3 rings (SSSR count). The van der Waals surface area contributed by atoms with Crippen molar-refractivity contribution in [1.82, 2.24) is 10.2 Å². The van der Waals surface area contributed by atoms with Crippen molar-refractivity contribution in [3.8, 4) is 11.5 Å². The molecule has 0 spiro atoms. The van der Waals surface area contributed by atoms with E-state index in [1.807, 2.05) is 62.4 Å². The second-order valence-electron chi connectivity index (χ2n) is 8.45. The third kappa shape index (κ3) is 7.76. The minimum Gasteiger partial charge on any atom is -0.497 e. The number of carbonyl (C=O) groups is 2. The highest BCUT2D eigenvalue weighted by Gasteiger charge is 2.31. The fraction of sp³-hybridized carbons (Fsp3) is 0.286. The predicted octanol–water partition coefficient (Wildman–Crippen LogP) is 4.89. The first-order valence-electron chi connectivity index (χ1n) is 11.5. The predicted molar refractivity (Wildman–Crippen MR) is 138 cm³/mol. The van der Waals surface area contributed by atoms with Gasteiger partial charge < -0.3 is 19.7 Å². The van der Waals surface area contributed by atoms with Gasteiger partial charge in [-0.3, -0.25) is 9.59 Å². The van der Waals surface area contributed by atoms with Crippen LogP contribution < -0.4 is 14.8 Å². The van der Waals surface area contributed by atoms with Crippen LogP contribution in [0.1, 0.15) is 25.0 Å². The second kappa shape index (κ2) is 12.8. The van der Waals surface area contributed by atoms with Crippen LogP contribution in [0.4, 0.5) is 0 Å². The molecule has 0 saturated carbocycles. The summed E-state index contributed by atoms with van der Waals surface area (Å²) in [7, 11) is 1.58. The number of amides is 2. The standard InChI is InChI=1S/C28H31ClN2O4/c1-20(2)30-28(33)26(17-21-9-5-4-6-10-21)31(18-22-11-7-8-12-25(22)29)27(32)19-35-24-15-13-23(34-3)14-16-24/h4-16,20,26H,17-19H2,1-3H3,(H,30,33)/t26-/m1/s1. The zero-order chi connectivity index (χ0) is 25.2. The third-order valence-electron chi connectivity index (χ3n) is 5.42. The number of methoxy groups -OCH3 is 1. The highest BCUT2D eigenvalue weighted by Crippen LogP contribution is 2.22. The van der Waals surface area contributed by atoms with Crippen molar-refractivity contribution in [2.24, 2.45) is 0 Å². The van der Waals surface area contributed by atoms with Gasteiger partial charge in [-0.05, 0) is 55.3 Å². The quantitative estimate of drug-likeness (QED) is 0.412. The molecular weight excluding hydrogens is 464 g/mol. The Morgan fingerprint density at radius 3 is 2.17 bits per heavy atom. The molecule has 7 heteroatoms. The first-order chi connectivity index (χ1) is 16.9. The lowest BCUT2D eigenvalue weighted by molar-refractivity contribution is -0.143. The first-order valence-corrected chi connectivity index (χ1v) is 11.9. The molecule has 0 unspecified atom stereocenters. The number of benzene rings is 3. The lowest BCUT2D eigenvalue weighted by Gasteiger charge is -2.32. The van der Waals surface area contributed by atoms with Gasteiger partial charge in [-0.2, -0.15) is 0 Å². The number of carbonyl (C=O) groups excluding carboxylic acids is 2. The molecule has 0 aliphatic carbocycles. The monoisotopic (exact) mass is 494 g/mol. The zero-order valence-corrected chi connectivity index (χ0v) is 21.0. The van der Waals surface area contributed by atoms with E-state index in [9.17, 15) is 9.59 Å². The Bertz CT molecular complexity index is 1100. The Morgan fingerprint density at radius 1 is 0.914 bits per heavy atom. The maximum atomic E-state index is 13.5. The van der Waals surface area contributed by atoms with Crippen LogP contribution in [0, 0.1) is 0 Å². The van der Waals surface area contributed by atoms with Crippen LogP contribution in [0.5, 0.6) is 11.5 Å². The van der Waals surface area contributed by atoms with Crippen molar-refractivity contribution in [1.29, 1.82) is 0 Å². The van der Waals surface area contributed by atoms with Gasteiger partial charge in [0.25, 0.3) is 5.91 Å². The summed E-state index contributed by atoms with van der Waals surface area (Å²) in [5, 5.41) is 3.50. The van der Waals surface area contributed by atoms with Crippen LogP contribution in [0.15, 0.2) is 78.9 Å². The Morgan fingerprint density at radius 2 is 1.54 bits per heavy atom. The average Bonchev–Trinajstić information content (AvgIpc) is 2.86. The summed E-state index contributed by atoms with van der Waals surface area (Å²) >= 11 is 6.42. The molecule has 0 radical (unpaired) electrons. The third-order valence-corrected chi connectivity index (χ3v) is 5.79. The second-order valence-corrected chi connectivity index (χ2v) is 8.85. The van der Waals surface area contributed by atoms with Crippen LogP contribution >= 0.6 is 11.6 Å². The molecule has 3 aromatic carbocycles. The number of halogens is 1. The smallest absolute Gasteiger partial charge is 0.261 e. The SMILES string of the molecule is COc1ccc(OCC(=O)N(Cc2ccccc2Cl)[C@H](Cc2ccccc2)C(=O)NC(C)C)cc1. The summed E-state index contributed by atoms with van der Waals surface area (Å²) < 4.78 is 10.9. The van der Waals surface area contributed by atoms with Crippen LogP contribution in [-0.2, 0) is 22.6 Å². The minimum atomic E-state index is -0.747. The number of hydrogen-bond acceptors (Lipinski definition) is 4. The van der Waals surface area contributed by atoms with Gasteiger partial charge in [0.05, 0.1) is 7.11 Å². The topological polar surface area (TPSA) is 67.9 Å². The van der Waals surface area contributed by atoms with Crippen molar-refractivity contribution in [2.45, 2.75) is 38.9 Å². The first kappa shape index (κ1) is 26.1. The van der Waals surface area contributed by atoms with Gasteiger partial charge >= 0.3 is 0 Å². The largest absolute Gasteiger partial charge is 0.497 e. The molecule has 2 amide bonds. The van der Waals surface area contributed by atoms with Crippen LogP contribution in [-0.4, -0.2) is 42.5 Å². The van der Waals surface area contributed by atoms with Crippen molar-refractivity contribution >= 4 is 23.4 Å². The van der Waals surface area contributed by atoms with Gasteiger partial charge in [0.2, 0.25) is 5.91 Å². The van der Waals surface area contributed by atoms with Crippen LogP contribution in [0.2, 0.25) is 5.02 Å². The van der Waals surface area contributed by atoms with Gasteiger partial charge in [-0.25, -0.2) is 0 Å². The van der Waals surface area contributed by atoms with E-state index in [-0.39, 0.29) is 31.0 Å². The molecule has 0 fully saturated rings. The van der Waals surface area contributed by atoms with E-state index in [0.29, 0.717) is 22.9 Å². The van der Waals surface area contributed by atoms with Crippen molar-refractivity contribution in [3.05, 3.63) is 95.0 Å². The van der Waals surface area contributed by atoms with E-state index in [2.05, 4.69) is 5.32 Å². The molecule has 3 aromatic rings. The van der Waals surface area contributed by atoms with Gasteiger partial charge in [-0.1, -0.05) is 60.1 Å². The maximum absolute atomic E-state index is 13.5. The van der Waals surface area contributed by atoms with E-state index < -0.39 is 6.04 Å².